The van der Waals surface area contributed by atoms with Crippen molar-refractivity contribution in [3.8, 4) is 0 Å². The van der Waals surface area contributed by atoms with E-state index < -0.39 is 21.0 Å². The minimum Gasteiger partial charge on any atom is -0.379 e. The molecule has 0 aromatic heterocycles. The highest BCUT2D eigenvalue weighted by Gasteiger charge is 2.24. The molecule has 0 saturated carbocycles. The molecular formula is C11H22N2O4S. The van der Waals surface area contributed by atoms with E-state index in [1.807, 2.05) is 6.92 Å². The zero-order valence-electron chi connectivity index (χ0n) is 11.2. The number of ether oxygens (including phenoxy) is 1. The van der Waals surface area contributed by atoms with Crippen molar-refractivity contribution in [1.82, 2.24) is 10.2 Å². The first-order valence-electron chi connectivity index (χ1n) is 6.10. The molecule has 7 heteroatoms. The Morgan fingerprint density at radius 3 is 2.39 bits per heavy atom. The minimum atomic E-state index is -3.32. The molecule has 0 radical (unpaired) electrons. The van der Waals surface area contributed by atoms with Crippen molar-refractivity contribution in [3.05, 3.63) is 0 Å². The van der Waals surface area contributed by atoms with Crippen molar-refractivity contribution >= 4 is 15.7 Å². The smallest absolute Gasteiger partial charge is 0.238 e. The molecule has 18 heavy (non-hydrogen) atoms. The summed E-state index contributed by atoms with van der Waals surface area (Å²) in [4.78, 5) is 13.9. The summed E-state index contributed by atoms with van der Waals surface area (Å²) in [7, 11) is -3.32. The van der Waals surface area contributed by atoms with Crippen LogP contribution in [0.15, 0.2) is 0 Å². The van der Waals surface area contributed by atoms with E-state index in [1.165, 1.54) is 6.92 Å². The number of nitrogens with zero attached hydrogens (tertiary/aromatic N) is 1. The van der Waals surface area contributed by atoms with Crippen molar-refractivity contribution in [2.75, 3.05) is 39.1 Å². The standard InChI is InChI=1S/C11H22N2O4S/c1-9(13-4-6-17-7-5-13)8-12-11(14)10(2)18(3,15)16/h9-10H,4-8H2,1-3H3,(H,12,14)/t9-,10-/m0/s1. The molecule has 0 unspecified atom stereocenters. The maximum atomic E-state index is 11.6. The normalized spacial score (nSPS) is 21.3. The number of morpholine rings is 1. The number of carbonyl (C=O) groups excluding carboxylic acids is 1. The summed E-state index contributed by atoms with van der Waals surface area (Å²) in [6, 6.07) is 0.185. The summed E-state index contributed by atoms with van der Waals surface area (Å²) in [5, 5.41) is 1.69. The van der Waals surface area contributed by atoms with E-state index >= 15 is 0 Å². The topological polar surface area (TPSA) is 75.7 Å². The summed E-state index contributed by atoms with van der Waals surface area (Å²) in [5.41, 5.74) is 0. The monoisotopic (exact) mass is 278 g/mol. The van der Waals surface area contributed by atoms with E-state index in [9.17, 15) is 13.2 Å². The molecule has 0 spiro atoms. The van der Waals surface area contributed by atoms with Gasteiger partial charge in [-0.1, -0.05) is 0 Å². The zero-order chi connectivity index (χ0) is 13.8. The average Bonchev–Trinajstić information content (AvgIpc) is 2.34. The highest BCUT2D eigenvalue weighted by Crippen LogP contribution is 2.03. The molecule has 0 aliphatic carbocycles. The fraction of sp³-hybridized carbons (Fsp3) is 0.909. The number of nitrogens with one attached hydrogen (secondary N) is 1. The number of amides is 1. The second-order valence-corrected chi connectivity index (χ2v) is 7.08. The van der Waals surface area contributed by atoms with Gasteiger partial charge in [0.05, 0.1) is 13.2 Å². The van der Waals surface area contributed by atoms with E-state index in [0.717, 1.165) is 19.3 Å². The molecule has 0 aromatic rings. The number of hydrogen-bond donors (Lipinski definition) is 1. The van der Waals surface area contributed by atoms with E-state index in [4.69, 9.17) is 4.74 Å². The highest BCUT2D eigenvalue weighted by atomic mass is 32.2. The molecule has 1 N–H and O–H groups in total. The van der Waals surface area contributed by atoms with Gasteiger partial charge in [-0.25, -0.2) is 8.42 Å². The Balaban J connectivity index is 2.38. The predicted octanol–water partition coefficient (Wildman–Crippen LogP) is -0.744. The Morgan fingerprint density at radius 1 is 1.33 bits per heavy atom. The quantitative estimate of drug-likeness (QED) is 0.716. The van der Waals surface area contributed by atoms with Crippen LogP contribution in [0.25, 0.3) is 0 Å². The third-order valence-corrected chi connectivity index (χ3v) is 4.75. The van der Waals surface area contributed by atoms with E-state index in [2.05, 4.69) is 10.2 Å². The summed E-state index contributed by atoms with van der Waals surface area (Å²) in [6.07, 6.45) is 1.07. The fourth-order valence-corrected chi connectivity index (χ4v) is 2.21. The summed E-state index contributed by atoms with van der Waals surface area (Å²) < 4.78 is 27.7. The van der Waals surface area contributed by atoms with E-state index in [0.29, 0.717) is 19.8 Å². The second kappa shape index (κ2) is 6.49. The third-order valence-electron chi connectivity index (χ3n) is 3.25. The molecule has 2 atom stereocenters. The Morgan fingerprint density at radius 2 is 1.89 bits per heavy atom. The lowest BCUT2D eigenvalue weighted by Crippen LogP contribution is -2.49. The molecule has 106 valence electrons. The molecule has 1 aliphatic rings. The van der Waals surface area contributed by atoms with Gasteiger partial charge in [0.2, 0.25) is 5.91 Å². The molecule has 1 aliphatic heterocycles. The first-order chi connectivity index (χ1) is 8.32. The van der Waals surface area contributed by atoms with Gasteiger partial charge in [0.1, 0.15) is 5.25 Å². The van der Waals surface area contributed by atoms with Gasteiger partial charge in [-0.15, -0.1) is 0 Å². The zero-order valence-corrected chi connectivity index (χ0v) is 12.0. The Bertz CT molecular complexity index is 377. The Hall–Kier alpha value is -0.660. The van der Waals surface area contributed by atoms with Crippen molar-refractivity contribution in [3.63, 3.8) is 0 Å². The Kier molecular flexibility index (Phi) is 5.55. The molecule has 0 bridgehead atoms. The van der Waals surface area contributed by atoms with Gasteiger partial charge >= 0.3 is 0 Å². The summed E-state index contributed by atoms with van der Waals surface area (Å²) in [6.45, 7) is 6.98. The predicted molar refractivity (Wildman–Crippen MR) is 69.2 cm³/mol. The van der Waals surface area contributed by atoms with Crippen LogP contribution in [-0.2, 0) is 19.4 Å². The van der Waals surface area contributed by atoms with Gasteiger partial charge in [-0.3, -0.25) is 9.69 Å². The molecule has 0 aromatic carbocycles. The summed E-state index contributed by atoms with van der Waals surface area (Å²) in [5.74, 6) is -0.433. The molecular weight excluding hydrogens is 256 g/mol. The number of sulfone groups is 1. The van der Waals surface area contributed by atoms with Crippen molar-refractivity contribution in [2.45, 2.75) is 25.1 Å². The first kappa shape index (κ1) is 15.4. The van der Waals surface area contributed by atoms with E-state index in [1.54, 1.807) is 0 Å². The average molecular weight is 278 g/mol. The van der Waals surface area contributed by atoms with Crippen LogP contribution in [0.3, 0.4) is 0 Å². The number of carbonyl (C=O) groups is 1. The van der Waals surface area contributed by atoms with Crippen LogP contribution in [0.2, 0.25) is 0 Å². The lowest BCUT2D eigenvalue weighted by molar-refractivity contribution is -0.120. The molecule has 1 rings (SSSR count). The SMILES string of the molecule is C[C@@H](CNC(=O)[C@H](C)S(C)(=O)=O)N1CCOCC1. The van der Waals surface area contributed by atoms with Crippen LogP contribution >= 0.6 is 0 Å². The van der Waals surface area contributed by atoms with Gasteiger partial charge in [0.25, 0.3) is 0 Å². The molecule has 1 heterocycles. The number of rotatable bonds is 5. The van der Waals surface area contributed by atoms with Gasteiger partial charge in [0.15, 0.2) is 9.84 Å². The minimum absolute atomic E-state index is 0.185. The maximum absolute atomic E-state index is 11.6. The molecule has 1 amide bonds. The maximum Gasteiger partial charge on any atom is 0.238 e. The molecule has 1 fully saturated rings. The van der Waals surface area contributed by atoms with E-state index in [-0.39, 0.29) is 6.04 Å². The summed E-state index contributed by atoms with van der Waals surface area (Å²) >= 11 is 0. The van der Waals surface area contributed by atoms with Crippen LogP contribution < -0.4 is 5.32 Å². The molecule has 6 nitrogen and oxygen atoms in total. The lowest BCUT2D eigenvalue weighted by atomic mass is 10.2. The second-order valence-electron chi connectivity index (χ2n) is 4.71. The fourth-order valence-electron chi connectivity index (χ4n) is 1.73. The van der Waals surface area contributed by atoms with Gasteiger partial charge in [-0.05, 0) is 13.8 Å². The highest BCUT2D eigenvalue weighted by molar-refractivity contribution is 7.92. The van der Waals surface area contributed by atoms with Gasteiger partial charge < -0.3 is 10.1 Å². The van der Waals surface area contributed by atoms with Crippen molar-refractivity contribution in [2.24, 2.45) is 0 Å². The van der Waals surface area contributed by atoms with Crippen LogP contribution in [0.4, 0.5) is 0 Å². The largest absolute Gasteiger partial charge is 0.379 e. The third kappa shape index (κ3) is 4.55. The van der Waals surface area contributed by atoms with Crippen LogP contribution in [0.5, 0.6) is 0 Å². The van der Waals surface area contributed by atoms with Crippen LogP contribution in [-0.4, -0.2) is 69.6 Å². The first-order valence-corrected chi connectivity index (χ1v) is 8.06. The van der Waals surface area contributed by atoms with Crippen molar-refractivity contribution in [1.29, 1.82) is 0 Å². The Labute approximate surface area is 109 Å². The lowest BCUT2D eigenvalue weighted by Gasteiger charge is -2.32. The van der Waals surface area contributed by atoms with Gasteiger partial charge in [-0.2, -0.15) is 0 Å². The van der Waals surface area contributed by atoms with Crippen LogP contribution in [0.1, 0.15) is 13.8 Å². The number of hydrogen-bond acceptors (Lipinski definition) is 5. The van der Waals surface area contributed by atoms with Gasteiger partial charge in [0, 0.05) is 31.9 Å². The van der Waals surface area contributed by atoms with Crippen molar-refractivity contribution < 1.29 is 17.9 Å². The molecule has 1 saturated heterocycles. The van der Waals surface area contributed by atoms with Crippen LogP contribution in [0, 0.1) is 0 Å².